The van der Waals surface area contributed by atoms with Gasteiger partial charge in [-0.3, -0.25) is 9.59 Å². The molecule has 1 saturated heterocycles. The zero-order chi connectivity index (χ0) is 44.2. The molecule has 0 unspecified atom stereocenters. The van der Waals surface area contributed by atoms with Crippen LogP contribution in [0.2, 0.25) is 0 Å². The van der Waals surface area contributed by atoms with Gasteiger partial charge in [0.15, 0.2) is 11.6 Å². The number of ketones is 1. The van der Waals surface area contributed by atoms with Crippen LogP contribution in [0.3, 0.4) is 0 Å². The van der Waals surface area contributed by atoms with Gasteiger partial charge >= 0.3 is 11.9 Å². The molecule has 1 fully saturated rings. The number of allylic oxidation sites excluding steroid dienone is 9. The van der Waals surface area contributed by atoms with Gasteiger partial charge in [0.25, 0.3) is 0 Å². The number of Topliss-reactive ketones (excluding diaryl/α,β-unsaturated/α-hetero) is 1. The number of carbonyl (C=O) groups excluding carboxylic acids is 4. The first-order valence-corrected chi connectivity index (χ1v) is 20.0. The first kappa shape index (κ1) is 48.8. The van der Waals surface area contributed by atoms with Gasteiger partial charge in [0.05, 0.1) is 25.4 Å². The summed E-state index contributed by atoms with van der Waals surface area (Å²) < 4.78 is 29.3. The van der Waals surface area contributed by atoms with Gasteiger partial charge in [-0.25, -0.2) is 9.59 Å². The molecule has 3 aliphatic rings. The van der Waals surface area contributed by atoms with Crippen molar-refractivity contribution in [1.82, 2.24) is 5.32 Å². The molecular formula is C45H63NO13. The fraction of sp³-hybridized carbons (Fsp3) is 0.556. The third-order valence-electron chi connectivity index (χ3n) is 11.3. The van der Waals surface area contributed by atoms with Gasteiger partial charge in [-0.1, -0.05) is 94.9 Å². The lowest BCUT2D eigenvalue weighted by molar-refractivity contribution is -0.314. The number of aliphatic hydroxyl groups excluding tert-OH is 3. The fourth-order valence-electron chi connectivity index (χ4n) is 7.61. The van der Waals surface area contributed by atoms with E-state index in [1.807, 2.05) is 32.9 Å². The molecule has 0 bridgehead atoms. The van der Waals surface area contributed by atoms with Crippen LogP contribution >= 0.6 is 0 Å². The van der Waals surface area contributed by atoms with Crippen molar-refractivity contribution in [1.29, 1.82) is 0 Å². The van der Waals surface area contributed by atoms with Gasteiger partial charge in [-0.15, -0.1) is 0 Å². The number of aliphatic hydroxyl groups is 4. The summed E-state index contributed by atoms with van der Waals surface area (Å²) in [7, 11) is 2.77. The predicted octanol–water partition coefficient (Wildman–Crippen LogP) is 5.13. The molecule has 2 aliphatic heterocycles. The van der Waals surface area contributed by atoms with Crippen LogP contribution in [0.5, 0.6) is 0 Å². The second-order valence-electron chi connectivity index (χ2n) is 15.9. The molecule has 0 aromatic carbocycles. The Morgan fingerprint density at radius 1 is 1.10 bits per heavy atom. The Bertz CT molecular complexity index is 1750. The van der Waals surface area contributed by atoms with E-state index < -0.39 is 83.8 Å². The lowest BCUT2D eigenvalue weighted by Gasteiger charge is -2.48. The number of amides is 1. The van der Waals surface area contributed by atoms with Crippen LogP contribution in [-0.4, -0.2) is 101 Å². The lowest BCUT2D eigenvalue weighted by Crippen LogP contribution is -2.58. The van der Waals surface area contributed by atoms with Crippen LogP contribution in [-0.2, 0) is 42.9 Å². The van der Waals surface area contributed by atoms with Crippen molar-refractivity contribution in [3.8, 4) is 0 Å². The van der Waals surface area contributed by atoms with E-state index in [4.69, 9.17) is 23.7 Å². The van der Waals surface area contributed by atoms with E-state index >= 15 is 0 Å². The summed E-state index contributed by atoms with van der Waals surface area (Å²) in [4.78, 5) is 51.1. The minimum Gasteiger partial charge on any atom is -0.510 e. The number of esters is 2. The van der Waals surface area contributed by atoms with Crippen molar-refractivity contribution in [3.05, 3.63) is 95.7 Å². The number of carbonyl (C=O) groups is 4. The first-order chi connectivity index (χ1) is 27.8. The molecule has 14 heteroatoms. The lowest BCUT2D eigenvalue weighted by atomic mass is 9.77. The highest BCUT2D eigenvalue weighted by molar-refractivity contribution is 6.04. The molecule has 0 spiro atoms. The van der Waals surface area contributed by atoms with E-state index in [1.54, 1.807) is 52.0 Å². The Kier molecular flexibility index (Phi) is 18.3. The van der Waals surface area contributed by atoms with Crippen LogP contribution < -0.4 is 5.32 Å². The van der Waals surface area contributed by atoms with E-state index in [1.165, 1.54) is 26.4 Å². The second kappa shape index (κ2) is 22.1. The molecule has 0 aromatic heterocycles. The number of cyclic esters (lactones) is 1. The Labute approximate surface area is 347 Å². The monoisotopic (exact) mass is 825 g/mol. The number of nitrogens with one attached hydrogen (secondary N) is 1. The zero-order valence-corrected chi connectivity index (χ0v) is 35.6. The molecule has 2 heterocycles. The van der Waals surface area contributed by atoms with E-state index in [0.717, 1.165) is 17.7 Å². The Morgan fingerprint density at radius 2 is 1.80 bits per heavy atom. The molecule has 3 rings (SSSR count). The van der Waals surface area contributed by atoms with Gasteiger partial charge in [0.2, 0.25) is 11.7 Å². The van der Waals surface area contributed by atoms with E-state index in [0.29, 0.717) is 12.0 Å². The zero-order valence-electron chi connectivity index (χ0n) is 35.6. The van der Waals surface area contributed by atoms with Crippen molar-refractivity contribution in [2.75, 3.05) is 14.2 Å². The quantitative estimate of drug-likeness (QED) is 0.0984. The molecule has 1 amide bonds. The van der Waals surface area contributed by atoms with Gasteiger partial charge < -0.3 is 49.4 Å². The summed E-state index contributed by atoms with van der Waals surface area (Å²) in [6.45, 7) is 16.3. The number of hydrogen-bond donors (Lipinski definition) is 5. The van der Waals surface area contributed by atoms with Gasteiger partial charge in [0.1, 0.15) is 29.8 Å². The highest BCUT2D eigenvalue weighted by Crippen LogP contribution is 2.41. The number of rotatable bonds is 12. The maximum Gasteiger partial charge on any atom is 0.373 e. The molecule has 326 valence electrons. The maximum atomic E-state index is 13.7. The van der Waals surface area contributed by atoms with Crippen molar-refractivity contribution < 1.29 is 63.3 Å². The maximum absolute atomic E-state index is 13.7. The van der Waals surface area contributed by atoms with Gasteiger partial charge in [-0.2, -0.15) is 0 Å². The Balaban J connectivity index is 1.94. The van der Waals surface area contributed by atoms with E-state index in [-0.39, 0.29) is 48.3 Å². The Morgan fingerprint density at radius 3 is 2.41 bits per heavy atom. The average molecular weight is 826 g/mol. The molecule has 5 N–H and O–H groups in total. The van der Waals surface area contributed by atoms with Gasteiger partial charge in [0, 0.05) is 62.2 Å². The van der Waals surface area contributed by atoms with Crippen LogP contribution in [0.4, 0.5) is 0 Å². The number of methoxy groups -OCH3 is 2. The normalized spacial score (nSPS) is 35.0. The van der Waals surface area contributed by atoms with Crippen molar-refractivity contribution in [2.24, 2.45) is 29.6 Å². The predicted molar refractivity (Wildman–Crippen MR) is 220 cm³/mol. The number of ether oxygens (including phenoxy) is 5. The highest BCUT2D eigenvalue weighted by Gasteiger charge is 2.52. The molecule has 0 radical (unpaired) electrons. The van der Waals surface area contributed by atoms with Gasteiger partial charge in [-0.05, 0) is 32.3 Å². The first-order valence-electron chi connectivity index (χ1n) is 20.0. The summed E-state index contributed by atoms with van der Waals surface area (Å²) in [5.74, 6) is -8.27. The largest absolute Gasteiger partial charge is 0.510 e. The summed E-state index contributed by atoms with van der Waals surface area (Å²) in [6.07, 6.45) is 9.86. The standard InChI is InChI=1S/C45H63NO13/c1-11-12-15-34-29(6)37(57-39(50)20-19-38(49)46-40-32(47)17-18-33(40)48)24-45(54,59-34)31(8)42(52)30(7)43-35(55-9)16-13-14-25(2)21-27(4)41(51)28(5)22-26(3)23-36(56-10)44(53)58-43/h11-16,19-20,22-23,27-31,34-35,37,41-43,47,51-52,54H,1,17-18,21,24H2,2-10H3,(H,46,49)/b15-12+,16-13+,20-19+,25-14+,26-22+,36-23-/t27-,28+,29+,30-,31-,34+,35-,37+,41-,42+,43+,45+/m0/s1. The third-order valence-corrected chi connectivity index (χ3v) is 11.3. The molecule has 12 atom stereocenters. The minimum atomic E-state index is -2.10. The summed E-state index contributed by atoms with van der Waals surface area (Å²) in [6, 6.07) is 0. The Hall–Kier alpha value is -4.60. The van der Waals surface area contributed by atoms with E-state index in [9.17, 15) is 39.6 Å². The topological polar surface area (TPSA) is 207 Å². The molecule has 59 heavy (non-hydrogen) atoms. The highest BCUT2D eigenvalue weighted by atomic mass is 16.6. The third kappa shape index (κ3) is 13.2. The van der Waals surface area contributed by atoms with Crippen LogP contribution in [0, 0.1) is 29.6 Å². The van der Waals surface area contributed by atoms with Crippen molar-refractivity contribution in [3.63, 3.8) is 0 Å². The fourth-order valence-corrected chi connectivity index (χ4v) is 7.61. The summed E-state index contributed by atoms with van der Waals surface area (Å²) in [5, 5.41) is 47.4. The van der Waals surface area contributed by atoms with Crippen molar-refractivity contribution >= 4 is 23.6 Å². The second-order valence-corrected chi connectivity index (χ2v) is 15.9. The smallest absolute Gasteiger partial charge is 0.373 e. The summed E-state index contributed by atoms with van der Waals surface area (Å²) in [5.41, 5.74) is 1.45. The van der Waals surface area contributed by atoms with E-state index in [2.05, 4.69) is 11.9 Å². The SMILES string of the molecule is C=C/C=C/[C@H]1O[C@@](O)([C@@H](C)[C@H](O)[C@H](C)[C@H]2OC(=O)/C(OC)=C/C(C)=C/[C@@H](C)[C@@H](O)[C@@H](C)C/C(C)=C/C=C/[C@@H]2OC)C[C@@H](OC(=O)/C=C/C(=O)NC2=C(O)CCC2=O)[C@@H]1C. The number of hydrogen-bond acceptors (Lipinski definition) is 13. The average Bonchev–Trinajstić information content (AvgIpc) is 3.51. The van der Waals surface area contributed by atoms with Crippen molar-refractivity contribution in [2.45, 2.75) is 117 Å². The molecular weight excluding hydrogens is 762 g/mol. The summed E-state index contributed by atoms with van der Waals surface area (Å²) >= 11 is 0. The van der Waals surface area contributed by atoms with Crippen LogP contribution in [0.25, 0.3) is 0 Å². The van der Waals surface area contributed by atoms with Crippen LogP contribution in [0.1, 0.15) is 74.1 Å². The molecule has 1 aliphatic carbocycles. The molecule has 0 aromatic rings. The van der Waals surface area contributed by atoms with Crippen LogP contribution in [0.15, 0.2) is 95.7 Å². The molecule has 14 nitrogen and oxygen atoms in total. The minimum absolute atomic E-state index is 0.0633. The molecule has 0 saturated carbocycles.